The molecule has 7 heteroatoms. The summed E-state index contributed by atoms with van der Waals surface area (Å²) in [5, 5.41) is 0.491. The fourth-order valence-electron chi connectivity index (χ4n) is 2.56. The summed E-state index contributed by atoms with van der Waals surface area (Å²) >= 11 is 5.75. The number of sulfonamides is 1. The number of carbonyl (C=O) groups excluding carboxylic acids is 1. The summed E-state index contributed by atoms with van der Waals surface area (Å²) in [7, 11) is -3.54. The highest BCUT2D eigenvalue weighted by Crippen LogP contribution is 2.17. The topological polar surface area (TPSA) is 66.5 Å². The molecule has 1 saturated heterocycles. The van der Waals surface area contributed by atoms with E-state index >= 15 is 0 Å². The molecule has 128 valence electrons. The molecule has 23 heavy (non-hydrogen) atoms. The van der Waals surface area contributed by atoms with Gasteiger partial charge in [0, 0.05) is 31.1 Å². The molecular weight excluding hydrogens is 336 g/mol. The Morgan fingerprint density at radius 1 is 1.26 bits per heavy atom. The predicted octanol–water partition coefficient (Wildman–Crippen LogP) is 2.66. The minimum Gasteiger partial charge on any atom is -0.343 e. The van der Waals surface area contributed by atoms with E-state index in [1.54, 1.807) is 0 Å². The van der Waals surface area contributed by atoms with Gasteiger partial charge in [-0.05, 0) is 49.4 Å². The van der Waals surface area contributed by atoms with E-state index < -0.39 is 10.0 Å². The molecule has 2 rings (SSSR count). The molecule has 0 aliphatic carbocycles. The van der Waals surface area contributed by atoms with Crippen molar-refractivity contribution in [2.75, 3.05) is 19.6 Å². The first-order chi connectivity index (χ1) is 10.9. The van der Waals surface area contributed by atoms with Crippen LogP contribution in [0.25, 0.3) is 0 Å². The maximum Gasteiger partial charge on any atom is 0.240 e. The van der Waals surface area contributed by atoms with Crippen molar-refractivity contribution in [3.63, 3.8) is 0 Å². The molecule has 1 fully saturated rings. The van der Waals surface area contributed by atoms with Gasteiger partial charge in [0.25, 0.3) is 0 Å². The van der Waals surface area contributed by atoms with Gasteiger partial charge in [-0.2, -0.15) is 0 Å². The van der Waals surface area contributed by atoms with E-state index in [1.807, 2.05) is 4.90 Å². The lowest BCUT2D eigenvalue weighted by Gasteiger charge is -2.30. The Balaban J connectivity index is 1.74. The number of nitrogens with zero attached hydrogens (tertiary/aromatic N) is 1. The van der Waals surface area contributed by atoms with Crippen LogP contribution in [0.5, 0.6) is 0 Å². The van der Waals surface area contributed by atoms with Crippen LogP contribution < -0.4 is 4.72 Å². The molecule has 0 bridgehead atoms. The highest BCUT2D eigenvalue weighted by Gasteiger charge is 2.20. The summed E-state index contributed by atoms with van der Waals surface area (Å²) in [4.78, 5) is 14.1. The van der Waals surface area contributed by atoms with Crippen LogP contribution >= 0.6 is 11.6 Å². The largest absolute Gasteiger partial charge is 0.343 e. The number of benzene rings is 1. The smallest absolute Gasteiger partial charge is 0.240 e. The minimum absolute atomic E-state index is 0.114. The molecule has 1 amide bonds. The lowest BCUT2D eigenvalue weighted by atomic mass is 9.99. The standard InChI is InChI=1S/C16H23ClN2O3S/c1-13-8-11-19(12-9-13)16(20)3-2-10-18-23(21,22)15-6-4-14(17)5-7-15/h4-7,13,18H,2-3,8-12H2,1H3. The Morgan fingerprint density at radius 2 is 1.87 bits per heavy atom. The number of amides is 1. The van der Waals surface area contributed by atoms with Crippen molar-refractivity contribution in [2.45, 2.75) is 37.5 Å². The molecule has 1 aliphatic heterocycles. The van der Waals surface area contributed by atoms with Crippen LogP contribution in [0.1, 0.15) is 32.6 Å². The fourth-order valence-corrected chi connectivity index (χ4v) is 3.76. The third kappa shape index (κ3) is 5.48. The zero-order valence-electron chi connectivity index (χ0n) is 13.3. The van der Waals surface area contributed by atoms with Crippen molar-refractivity contribution in [3.8, 4) is 0 Å². The number of halogens is 1. The molecule has 1 heterocycles. The maximum atomic E-state index is 12.1. The molecular formula is C16H23ClN2O3S. The third-order valence-corrected chi connectivity index (χ3v) is 5.85. The van der Waals surface area contributed by atoms with Crippen LogP contribution in [0.2, 0.25) is 5.02 Å². The molecule has 0 unspecified atom stereocenters. The lowest BCUT2D eigenvalue weighted by molar-refractivity contribution is -0.132. The molecule has 5 nitrogen and oxygen atoms in total. The van der Waals surface area contributed by atoms with E-state index in [0.717, 1.165) is 25.9 Å². The van der Waals surface area contributed by atoms with Gasteiger partial charge in [-0.3, -0.25) is 4.79 Å². The SMILES string of the molecule is CC1CCN(C(=O)CCCNS(=O)(=O)c2ccc(Cl)cc2)CC1. The molecule has 0 spiro atoms. The normalized spacial score (nSPS) is 16.5. The third-order valence-electron chi connectivity index (χ3n) is 4.12. The van der Waals surface area contributed by atoms with E-state index in [4.69, 9.17) is 11.6 Å². The Labute approximate surface area is 143 Å². The first kappa shape index (κ1) is 18.2. The van der Waals surface area contributed by atoms with E-state index in [2.05, 4.69) is 11.6 Å². The number of likely N-dealkylation sites (tertiary alicyclic amines) is 1. The molecule has 1 N–H and O–H groups in total. The summed E-state index contributed by atoms with van der Waals surface area (Å²) in [5.74, 6) is 0.799. The van der Waals surface area contributed by atoms with Crippen LogP contribution in [0.15, 0.2) is 29.2 Å². The summed E-state index contributed by atoms with van der Waals surface area (Å²) in [6.45, 7) is 4.08. The van der Waals surface area contributed by atoms with Gasteiger partial charge in [0.15, 0.2) is 0 Å². The molecule has 0 radical (unpaired) electrons. The van der Waals surface area contributed by atoms with Gasteiger partial charge in [-0.15, -0.1) is 0 Å². The van der Waals surface area contributed by atoms with Gasteiger partial charge in [0.05, 0.1) is 4.90 Å². The number of rotatable bonds is 6. The predicted molar refractivity (Wildman–Crippen MR) is 90.9 cm³/mol. The van der Waals surface area contributed by atoms with Crippen molar-refractivity contribution in [1.29, 1.82) is 0 Å². The Bertz CT molecular complexity index is 623. The first-order valence-electron chi connectivity index (χ1n) is 7.91. The molecule has 1 aliphatic rings. The van der Waals surface area contributed by atoms with Crippen molar-refractivity contribution < 1.29 is 13.2 Å². The van der Waals surface area contributed by atoms with Crippen molar-refractivity contribution in [2.24, 2.45) is 5.92 Å². The van der Waals surface area contributed by atoms with Crippen LogP contribution in [0, 0.1) is 5.92 Å². The highest BCUT2D eigenvalue weighted by atomic mass is 35.5. The Hall–Kier alpha value is -1.11. The Kier molecular flexibility index (Phi) is 6.44. The van der Waals surface area contributed by atoms with Crippen LogP contribution in [0.4, 0.5) is 0 Å². The van der Waals surface area contributed by atoms with Gasteiger partial charge in [-0.1, -0.05) is 18.5 Å². The maximum absolute atomic E-state index is 12.1. The lowest BCUT2D eigenvalue weighted by Crippen LogP contribution is -2.38. The number of hydrogen-bond donors (Lipinski definition) is 1. The van der Waals surface area contributed by atoms with E-state index in [0.29, 0.717) is 23.8 Å². The molecule has 0 saturated carbocycles. The summed E-state index contributed by atoms with van der Waals surface area (Å²) in [6.07, 6.45) is 2.97. The van der Waals surface area contributed by atoms with Crippen LogP contribution in [-0.2, 0) is 14.8 Å². The quantitative estimate of drug-likeness (QED) is 0.795. The number of piperidine rings is 1. The number of nitrogens with one attached hydrogen (secondary N) is 1. The van der Waals surface area contributed by atoms with Crippen LogP contribution in [-0.4, -0.2) is 38.9 Å². The molecule has 0 aromatic heterocycles. The van der Waals surface area contributed by atoms with Crippen LogP contribution in [0.3, 0.4) is 0 Å². The second kappa shape index (κ2) is 8.13. The average molecular weight is 359 g/mol. The fraction of sp³-hybridized carbons (Fsp3) is 0.562. The summed E-state index contributed by atoms with van der Waals surface area (Å²) < 4.78 is 26.7. The zero-order chi connectivity index (χ0) is 16.9. The van der Waals surface area contributed by atoms with Gasteiger partial charge < -0.3 is 4.90 Å². The highest BCUT2D eigenvalue weighted by molar-refractivity contribution is 7.89. The monoisotopic (exact) mass is 358 g/mol. The minimum atomic E-state index is -3.54. The number of carbonyl (C=O) groups is 1. The molecule has 1 aromatic carbocycles. The first-order valence-corrected chi connectivity index (χ1v) is 9.77. The summed E-state index contributed by atoms with van der Waals surface area (Å²) in [5.41, 5.74) is 0. The average Bonchev–Trinajstić information content (AvgIpc) is 2.52. The van der Waals surface area contributed by atoms with Gasteiger partial charge in [0.1, 0.15) is 0 Å². The second-order valence-electron chi connectivity index (χ2n) is 6.02. The Morgan fingerprint density at radius 3 is 2.48 bits per heavy atom. The number of hydrogen-bond acceptors (Lipinski definition) is 3. The van der Waals surface area contributed by atoms with Gasteiger partial charge in [0.2, 0.25) is 15.9 Å². The zero-order valence-corrected chi connectivity index (χ0v) is 14.9. The van der Waals surface area contributed by atoms with Crippen molar-refractivity contribution >= 4 is 27.5 Å². The van der Waals surface area contributed by atoms with Crippen molar-refractivity contribution in [1.82, 2.24) is 9.62 Å². The molecule has 1 aromatic rings. The van der Waals surface area contributed by atoms with Gasteiger partial charge in [-0.25, -0.2) is 13.1 Å². The van der Waals surface area contributed by atoms with E-state index in [-0.39, 0.29) is 17.3 Å². The molecule has 0 atom stereocenters. The second-order valence-corrected chi connectivity index (χ2v) is 8.22. The summed E-state index contributed by atoms with van der Waals surface area (Å²) in [6, 6.07) is 6.00. The van der Waals surface area contributed by atoms with E-state index in [1.165, 1.54) is 24.3 Å². The van der Waals surface area contributed by atoms with Gasteiger partial charge >= 0.3 is 0 Å². The van der Waals surface area contributed by atoms with Crippen molar-refractivity contribution in [3.05, 3.63) is 29.3 Å². The van der Waals surface area contributed by atoms with E-state index in [9.17, 15) is 13.2 Å².